The van der Waals surface area contributed by atoms with E-state index in [0.717, 1.165) is 10.2 Å². The zero-order valence-corrected chi connectivity index (χ0v) is 14.0. The van der Waals surface area contributed by atoms with Crippen molar-refractivity contribution in [1.29, 1.82) is 0 Å². The summed E-state index contributed by atoms with van der Waals surface area (Å²) in [5.74, 6) is 0.640. The predicted molar refractivity (Wildman–Crippen MR) is 89.2 cm³/mol. The molecule has 0 amide bonds. The summed E-state index contributed by atoms with van der Waals surface area (Å²) in [4.78, 5) is 0. The summed E-state index contributed by atoms with van der Waals surface area (Å²) in [5, 5.41) is 4.43. The van der Waals surface area contributed by atoms with Crippen LogP contribution >= 0.6 is 39.1 Å². The SMILES string of the molecule is CC(CNc1ccc(Br)cc1)Oc1ccc(Cl)cc1Cl. The second kappa shape index (κ2) is 7.21. The molecule has 0 aliphatic rings. The van der Waals surface area contributed by atoms with Crippen LogP contribution in [0.5, 0.6) is 5.75 Å². The summed E-state index contributed by atoms with van der Waals surface area (Å²) < 4.78 is 6.84. The molecule has 2 rings (SSSR count). The summed E-state index contributed by atoms with van der Waals surface area (Å²) in [6, 6.07) is 13.2. The van der Waals surface area contributed by atoms with E-state index in [0.29, 0.717) is 22.3 Å². The van der Waals surface area contributed by atoms with Gasteiger partial charge < -0.3 is 10.1 Å². The lowest BCUT2D eigenvalue weighted by Gasteiger charge is -2.17. The molecule has 0 spiro atoms. The Hall–Kier alpha value is -0.900. The van der Waals surface area contributed by atoms with Crippen LogP contribution in [-0.4, -0.2) is 12.6 Å². The van der Waals surface area contributed by atoms with Gasteiger partial charge in [-0.1, -0.05) is 39.1 Å². The van der Waals surface area contributed by atoms with Gasteiger partial charge in [-0.3, -0.25) is 0 Å². The molecule has 106 valence electrons. The average Bonchev–Trinajstić information content (AvgIpc) is 2.41. The van der Waals surface area contributed by atoms with E-state index in [1.807, 2.05) is 31.2 Å². The fourth-order valence-corrected chi connectivity index (χ4v) is 2.38. The first-order valence-electron chi connectivity index (χ1n) is 6.16. The lowest BCUT2D eigenvalue weighted by Crippen LogP contribution is -2.22. The van der Waals surface area contributed by atoms with Crippen LogP contribution in [0.15, 0.2) is 46.9 Å². The molecule has 2 nitrogen and oxygen atoms in total. The fraction of sp³-hybridized carbons (Fsp3) is 0.200. The molecule has 1 N–H and O–H groups in total. The van der Waals surface area contributed by atoms with Crippen molar-refractivity contribution < 1.29 is 4.74 Å². The fourth-order valence-electron chi connectivity index (χ4n) is 1.66. The highest BCUT2D eigenvalue weighted by atomic mass is 79.9. The van der Waals surface area contributed by atoms with Gasteiger partial charge in [0.2, 0.25) is 0 Å². The maximum atomic E-state index is 6.07. The van der Waals surface area contributed by atoms with Gasteiger partial charge in [0, 0.05) is 15.2 Å². The molecule has 2 aromatic rings. The molecule has 0 aliphatic heterocycles. The molecule has 20 heavy (non-hydrogen) atoms. The Morgan fingerprint density at radius 1 is 1.15 bits per heavy atom. The number of anilines is 1. The molecular weight excluding hydrogens is 361 g/mol. The van der Waals surface area contributed by atoms with Crippen LogP contribution in [0.3, 0.4) is 0 Å². The lowest BCUT2D eigenvalue weighted by atomic mass is 10.3. The zero-order valence-electron chi connectivity index (χ0n) is 10.9. The third-order valence-corrected chi connectivity index (χ3v) is 3.72. The average molecular weight is 375 g/mol. The molecule has 0 heterocycles. The minimum Gasteiger partial charge on any atom is -0.487 e. The van der Waals surface area contributed by atoms with E-state index in [4.69, 9.17) is 27.9 Å². The van der Waals surface area contributed by atoms with Crippen molar-refractivity contribution in [1.82, 2.24) is 0 Å². The molecule has 0 fully saturated rings. The van der Waals surface area contributed by atoms with E-state index in [1.165, 1.54) is 0 Å². The summed E-state index contributed by atoms with van der Waals surface area (Å²) in [5.41, 5.74) is 1.05. The molecule has 0 saturated carbocycles. The van der Waals surface area contributed by atoms with Crippen LogP contribution in [0.4, 0.5) is 5.69 Å². The predicted octanol–water partition coefficient (Wildman–Crippen LogP) is 5.64. The monoisotopic (exact) mass is 373 g/mol. The molecule has 0 bridgehead atoms. The second-order valence-electron chi connectivity index (χ2n) is 4.39. The molecule has 0 aliphatic carbocycles. The van der Waals surface area contributed by atoms with Crippen molar-refractivity contribution in [3.8, 4) is 5.75 Å². The van der Waals surface area contributed by atoms with Gasteiger partial charge in [0.05, 0.1) is 11.6 Å². The zero-order chi connectivity index (χ0) is 14.5. The van der Waals surface area contributed by atoms with Crippen molar-refractivity contribution in [3.05, 3.63) is 57.0 Å². The van der Waals surface area contributed by atoms with Crippen molar-refractivity contribution >= 4 is 44.8 Å². The number of benzene rings is 2. The standard InChI is InChI=1S/C15H14BrCl2NO/c1-10(9-19-13-5-2-11(16)3-6-13)20-15-7-4-12(17)8-14(15)18/h2-8,10,19H,9H2,1H3. The number of nitrogens with one attached hydrogen (secondary N) is 1. The molecular formula is C15H14BrCl2NO. The largest absolute Gasteiger partial charge is 0.487 e. The van der Waals surface area contributed by atoms with Crippen LogP contribution in [0.1, 0.15) is 6.92 Å². The minimum atomic E-state index is -0.0164. The van der Waals surface area contributed by atoms with Crippen molar-refractivity contribution in [2.24, 2.45) is 0 Å². The summed E-state index contributed by atoms with van der Waals surface area (Å²) >= 11 is 15.3. The Morgan fingerprint density at radius 3 is 2.50 bits per heavy atom. The Bertz CT molecular complexity index is 575. The van der Waals surface area contributed by atoms with Gasteiger partial charge in [0.25, 0.3) is 0 Å². The second-order valence-corrected chi connectivity index (χ2v) is 6.15. The highest BCUT2D eigenvalue weighted by Crippen LogP contribution is 2.28. The van der Waals surface area contributed by atoms with Gasteiger partial charge in [-0.15, -0.1) is 0 Å². The molecule has 1 atom stereocenters. The van der Waals surface area contributed by atoms with Gasteiger partial charge in [-0.2, -0.15) is 0 Å². The maximum absolute atomic E-state index is 6.07. The maximum Gasteiger partial charge on any atom is 0.138 e. The quantitative estimate of drug-likeness (QED) is 0.731. The topological polar surface area (TPSA) is 21.3 Å². The van der Waals surface area contributed by atoms with E-state index in [-0.39, 0.29) is 6.10 Å². The summed E-state index contributed by atoms with van der Waals surface area (Å²) in [7, 11) is 0. The van der Waals surface area contributed by atoms with Gasteiger partial charge >= 0.3 is 0 Å². The number of rotatable bonds is 5. The van der Waals surface area contributed by atoms with Crippen molar-refractivity contribution in [2.45, 2.75) is 13.0 Å². The van der Waals surface area contributed by atoms with Crippen LogP contribution in [0.2, 0.25) is 10.0 Å². The smallest absolute Gasteiger partial charge is 0.138 e. The Balaban J connectivity index is 1.89. The molecule has 1 unspecified atom stereocenters. The number of hydrogen-bond donors (Lipinski definition) is 1. The van der Waals surface area contributed by atoms with Gasteiger partial charge in [0.1, 0.15) is 11.9 Å². The Kier molecular flexibility index (Phi) is 5.58. The van der Waals surface area contributed by atoms with Gasteiger partial charge in [0.15, 0.2) is 0 Å². The van der Waals surface area contributed by atoms with Crippen molar-refractivity contribution in [3.63, 3.8) is 0 Å². The lowest BCUT2D eigenvalue weighted by molar-refractivity contribution is 0.235. The van der Waals surface area contributed by atoms with E-state index in [2.05, 4.69) is 21.2 Å². The van der Waals surface area contributed by atoms with Gasteiger partial charge in [-0.25, -0.2) is 0 Å². The highest BCUT2D eigenvalue weighted by Gasteiger charge is 2.08. The first kappa shape index (κ1) is 15.5. The first-order chi connectivity index (χ1) is 9.54. The van der Waals surface area contributed by atoms with Gasteiger partial charge in [-0.05, 0) is 49.4 Å². The molecule has 5 heteroatoms. The summed E-state index contributed by atoms with van der Waals surface area (Å²) in [6.45, 7) is 2.66. The third-order valence-electron chi connectivity index (χ3n) is 2.66. The number of hydrogen-bond acceptors (Lipinski definition) is 2. The van der Waals surface area contributed by atoms with Crippen LogP contribution in [-0.2, 0) is 0 Å². The van der Waals surface area contributed by atoms with Crippen molar-refractivity contribution in [2.75, 3.05) is 11.9 Å². The Morgan fingerprint density at radius 2 is 1.85 bits per heavy atom. The number of halogens is 3. The summed E-state index contributed by atoms with van der Waals surface area (Å²) in [6.07, 6.45) is -0.0164. The molecule has 0 saturated heterocycles. The van der Waals surface area contributed by atoms with E-state index in [1.54, 1.807) is 18.2 Å². The normalized spacial score (nSPS) is 12.0. The Labute approximate surface area is 137 Å². The van der Waals surface area contributed by atoms with Crippen LogP contribution in [0, 0.1) is 0 Å². The minimum absolute atomic E-state index is 0.0164. The first-order valence-corrected chi connectivity index (χ1v) is 7.70. The molecule has 0 aromatic heterocycles. The van der Waals surface area contributed by atoms with Crippen LogP contribution in [0.25, 0.3) is 0 Å². The van der Waals surface area contributed by atoms with Crippen LogP contribution < -0.4 is 10.1 Å². The van der Waals surface area contributed by atoms with E-state index in [9.17, 15) is 0 Å². The molecule has 2 aromatic carbocycles. The van der Waals surface area contributed by atoms with E-state index >= 15 is 0 Å². The molecule has 0 radical (unpaired) electrons. The highest BCUT2D eigenvalue weighted by molar-refractivity contribution is 9.10. The number of ether oxygens (including phenoxy) is 1. The van der Waals surface area contributed by atoms with E-state index < -0.39 is 0 Å². The third kappa shape index (κ3) is 4.58.